The molecule has 1 atom stereocenters. The average Bonchev–Trinajstić information content (AvgIpc) is 3.20. The molecular formula is C18H25N3O4. The summed E-state index contributed by atoms with van der Waals surface area (Å²) in [5, 5.41) is 10.5. The number of nitrogens with zero attached hydrogens (tertiary/aromatic N) is 3. The van der Waals surface area contributed by atoms with E-state index in [1.54, 1.807) is 19.2 Å². The molecule has 1 fully saturated rings. The summed E-state index contributed by atoms with van der Waals surface area (Å²) in [4.78, 5) is 18.2. The third-order valence-corrected chi connectivity index (χ3v) is 4.96. The molecule has 7 heteroatoms. The molecule has 25 heavy (non-hydrogen) atoms. The van der Waals surface area contributed by atoms with Gasteiger partial charge in [0.2, 0.25) is 0 Å². The van der Waals surface area contributed by atoms with Crippen molar-refractivity contribution < 1.29 is 19.1 Å². The van der Waals surface area contributed by atoms with Gasteiger partial charge < -0.3 is 18.8 Å². The maximum atomic E-state index is 11.7. The summed E-state index contributed by atoms with van der Waals surface area (Å²) >= 11 is 0. The van der Waals surface area contributed by atoms with E-state index in [9.17, 15) is 9.90 Å². The van der Waals surface area contributed by atoms with Crippen LogP contribution in [0.2, 0.25) is 0 Å². The van der Waals surface area contributed by atoms with Crippen LogP contribution in [0.1, 0.15) is 46.6 Å². The van der Waals surface area contributed by atoms with Gasteiger partial charge in [0.05, 0.1) is 13.7 Å². The maximum absolute atomic E-state index is 11.7. The second-order valence-corrected chi connectivity index (χ2v) is 6.63. The molecule has 0 aliphatic carbocycles. The van der Waals surface area contributed by atoms with Gasteiger partial charge in [-0.15, -0.1) is 0 Å². The zero-order valence-electron chi connectivity index (χ0n) is 14.9. The third kappa shape index (κ3) is 3.77. The Bertz CT molecular complexity index is 729. The van der Waals surface area contributed by atoms with E-state index < -0.39 is 6.10 Å². The Morgan fingerprint density at radius 1 is 1.48 bits per heavy atom. The fraction of sp³-hybridized carbons (Fsp3) is 0.556. The highest BCUT2D eigenvalue weighted by Gasteiger charge is 2.29. The molecule has 1 N–H and O–H groups in total. The van der Waals surface area contributed by atoms with Crippen LogP contribution in [-0.2, 0) is 18.3 Å². The number of aliphatic hydroxyl groups is 1. The topological polar surface area (TPSA) is 80.7 Å². The zero-order chi connectivity index (χ0) is 18.0. The second-order valence-electron chi connectivity index (χ2n) is 6.63. The summed E-state index contributed by atoms with van der Waals surface area (Å²) in [6.45, 7) is 4.17. The van der Waals surface area contributed by atoms with Crippen LogP contribution in [0.15, 0.2) is 22.9 Å². The first-order valence-corrected chi connectivity index (χ1v) is 8.55. The number of imidazole rings is 1. The number of aromatic nitrogens is 2. The highest BCUT2D eigenvalue weighted by Crippen LogP contribution is 2.30. The van der Waals surface area contributed by atoms with Crippen molar-refractivity contribution in [1.29, 1.82) is 0 Å². The summed E-state index contributed by atoms with van der Waals surface area (Å²) in [5.74, 6) is 1.91. The normalized spacial score (nSPS) is 17.6. The number of hydrogen-bond acceptors (Lipinski definition) is 6. The molecule has 0 amide bonds. The number of carbonyl (C=O) groups excluding carboxylic acids is 1. The number of hydrogen-bond donors (Lipinski definition) is 1. The lowest BCUT2D eigenvalue weighted by molar-refractivity contribution is 0.0475. The van der Waals surface area contributed by atoms with E-state index in [1.165, 1.54) is 7.11 Å². The number of ether oxygens (including phenoxy) is 1. The minimum atomic E-state index is -0.529. The highest BCUT2D eigenvalue weighted by molar-refractivity contribution is 5.90. The molecule has 0 spiro atoms. The molecule has 1 aliphatic heterocycles. The van der Waals surface area contributed by atoms with Gasteiger partial charge in [0, 0.05) is 19.4 Å². The standard InChI is InChI=1S/C18H25N3O4/c1-12-15(18(23)24-3)10-14(25-12)11-21-7-4-13(5-8-21)16(22)17-19-6-9-20(17)2/h6,9-10,13,16,22H,4-5,7-8,11H2,1-3H3. The summed E-state index contributed by atoms with van der Waals surface area (Å²) < 4.78 is 12.3. The molecule has 7 nitrogen and oxygen atoms in total. The van der Waals surface area contributed by atoms with E-state index in [0.717, 1.165) is 37.5 Å². The average molecular weight is 347 g/mol. The minimum absolute atomic E-state index is 0.210. The number of esters is 1. The van der Waals surface area contributed by atoms with Gasteiger partial charge in [-0.25, -0.2) is 9.78 Å². The maximum Gasteiger partial charge on any atom is 0.341 e. The number of carbonyl (C=O) groups is 1. The Hall–Kier alpha value is -2.12. The minimum Gasteiger partial charge on any atom is -0.465 e. The summed E-state index contributed by atoms with van der Waals surface area (Å²) in [7, 11) is 3.27. The molecule has 0 bridgehead atoms. The molecule has 2 aromatic heterocycles. The zero-order valence-corrected chi connectivity index (χ0v) is 14.9. The number of furan rings is 1. The smallest absolute Gasteiger partial charge is 0.341 e. The van der Waals surface area contributed by atoms with Crippen LogP contribution in [0.3, 0.4) is 0 Å². The van der Waals surface area contributed by atoms with Crippen molar-refractivity contribution in [2.24, 2.45) is 13.0 Å². The molecule has 2 aromatic rings. The Balaban J connectivity index is 1.56. The fourth-order valence-corrected chi connectivity index (χ4v) is 3.45. The first kappa shape index (κ1) is 17.7. The van der Waals surface area contributed by atoms with Crippen molar-refractivity contribution in [2.45, 2.75) is 32.4 Å². The molecule has 136 valence electrons. The Morgan fingerprint density at radius 2 is 2.20 bits per heavy atom. The van der Waals surface area contributed by atoms with Gasteiger partial charge >= 0.3 is 5.97 Å². The van der Waals surface area contributed by atoms with Gasteiger partial charge in [-0.3, -0.25) is 4.90 Å². The van der Waals surface area contributed by atoms with Gasteiger partial charge in [-0.2, -0.15) is 0 Å². The number of methoxy groups -OCH3 is 1. The van der Waals surface area contributed by atoms with Gasteiger partial charge in [-0.05, 0) is 44.8 Å². The molecule has 0 radical (unpaired) electrons. The molecule has 1 unspecified atom stereocenters. The molecule has 3 rings (SSSR count). The van der Waals surface area contributed by atoms with Crippen LogP contribution in [-0.4, -0.2) is 45.7 Å². The summed E-state index contributed by atoms with van der Waals surface area (Å²) in [6, 6.07) is 1.76. The predicted molar refractivity (Wildman–Crippen MR) is 91.0 cm³/mol. The lowest BCUT2D eigenvalue weighted by Crippen LogP contribution is -2.35. The monoisotopic (exact) mass is 347 g/mol. The molecule has 0 aromatic carbocycles. The third-order valence-electron chi connectivity index (χ3n) is 4.96. The lowest BCUT2D eigenvalue weighted by Gasteiger charge is -2.33. The van der Waals surface area contributed by atoms with Crippen molar-refractivity contribution in [3.8, 4) is 0 Å². The molecule has 3 heterocycles. The van der Waals surface area contributed by atoms with E-state index in [-0.39, 0.29) is 11.9 Å². The Morgan fingerprint density at radius 3 is 2.80 bits per heavy atom. The van der Waals surface area contributed by atoms with Crippen LogP contribution in [0.25, 0.3) is 0 Å². The molecule has 1 saturated heterocycles. The van der Waals surface area contributed by atoms with Crippen molar-refractivity contribution in [2.75, 3.05) is 20.2 Å². The van der Waals surface area contributed by atoms with E-state index in [2.05, 4.69) is 9.88 Å². The van der Waals surface area contributed by atoms with E-state index >= 15 is 0 Å². The van der Waals surface area contributed by atoms with Crippen LogP contribution in [0.5, 0.6) is 0 Å². The summed E-state index contributed by atoms with van der Waals surface area (Å²) in [6.07, 6.45) is 4.84. The number of aliphatic hydroxyl groups excluding tert-OH is 1. The predicted octanol–water partition coefficient (Wildman–Crippen LogP) is 2.05. The number of likely N-dealkylation sites (tertiary alicyclic amines) is 1. The van der Waals surface area contributed by atoms with Gasteiger partial charge in [0.15, 0.2) is 0 Å². The number of aryl methyl sites for hydroxylation is 2. The molecule has 0 saturated carbocycles. The van der Waals surface area contributed by atoms with Gasteiger partial charge in [0.25, 0.3) is 0 Å². The van der Waals surface area contributed by atoms with Crippen LogP contribution >= 0.6 is 0 Å². The van der Waals surface area contributed by atoms with Crippen molar-refractivity contribution >= 4 is 5.97 Å². The summed E-state index contributed by atoms with van der Waals surface area (Å²) in [5.41, 5.74) is 0.484. The lowest BCUT2D eigenvalue weighted by atomic mass is 9.90. The first-order chi connectivity index (χ1) is 12.0. The quantitative estimate of drug-likeness (QED) is 0.834. The number of piperidine rings is 1. The van der Waals surface area contributed by atoms with Gasteiger partial charge in [-0.1, -0.05) is 0 Å². The SMILES string of the molecule is COC(=O)c1cc(CN2CCC(C(O)c3nccn3C)CC2)oc1C. The first-order valence-electron chi connectivity index (χ1n) is 8.55. The van der Waals surface area contributed by atoms with Crippen LogP contribution < -0.4 is 0 Å². The second kappa shape index (κ2) is 7.41. The van der Waals surface area contributed by atoms with E-state index in [1.807, 2.05) is 17.8 Å². The molecule has 1 aliphatic rings. The number of rotatable bonds is 5. The Labute approximate surface area is 147 Å². The molecular weight excluding hydrogens is 322 g/mol. The van der Waals surface area contributed by atoms with Gasteiger partial charge in [0.1, 0.15) is 29.0 Å². The largest absolute Gasteiger partial charge is 0.465 e. The van der Waals surface area contributed by atoms with Crippen molar-refractivity contribution in [1.82, 2.24) is 14.5 Å². The highest BCUT2D eigenvalue weighted by atomic mass is 16.5. The Kier molecular flexibility index (Phi) is 5.24. The van der Waals surface area contributed by atoms with Crippen LogP contribution in [0, 0.1) is 12.8 Å². The fourth-order valence-electron chi connectivity index (χ4n) is 3.45. The van der Waals surface area contributed by atoms with E-state index in [0.29, 0.717) is 17.9 Å². The van der Waals surface area contributed by atoms with Crippen LogP contribution in [0.4, 0.5) is 0 Å². The van der Waals surface area contributed by atoms with Crippen molar-refractivity contribution in [3.05, 3.63) is 41.4 Å². The van der Waals surface area contributed by atoms with Crippen molar-refractivity contribution in [3.63, 3.8) is 0 Å². The van der Waals surface area contributed by atoms with E-state index in [4.69, 9.17) is 9.15 Å².